The zero-order valence-corrected chi connectivity index (χ0v) is 13.4. The van der Waals surface area contributed by atoms with Gasteiger partial charge in [0.2, 0.25) is 0 Å². The van der Waals surface area contributed by atoms with Crippen LogP contribution in [0, 0.1) is 13.8 Å². The molecule has 0 unspecified atom stereocenters. The quantitative estimate of drug-likeness (QED) is 0.893. The van der Waals surface area contributed by atoms with E-state index >= 15 is 0 Å². The molecule has 2 N–H and O–H groups in total. The van der Waals surface area contributed by atoms with Crippen molar-refractivity contribution >= 4 is 27.0 Å². The fourth-order valence-electron chi connectivity index (χ4n) is 1.94. The zero-order valence-electron chi connectivity index (χ0n) is 11.7. The van der Waals surface area contributed by atoms with Crippen molar-refractivity contribution in [3.05, 3.63) is 45.6 Å². The number of hydrogen-bond acceptors (Lipinski definition) is 4. The van der Waals surface area contributed by atoms with Crippen molar-refractivity contribution in [2.24, 2.45) is 0 Å². The highest BCUT2D eigenvalue weighted by atomic mass is 32.2. The summed E-state index contributed by atoms with van der Waals surface area (Å²) in [7, 11) is -1.69. The number of nitrogens with one attached hydrogen (secondary N) is 2. The van der Waals surface area contributed by atoms with E-state index in [0.29, 0.717) is 17.1 Å². The lowest BCUT2D eigenvalue weighted by Crippen LogP contribution is -2.14. The molecule has 0 radical (unpaired) electrons. The lowest BCUT2D eigenvalue weighted by Gasteiger charge is -2.09. The van der Waals surface area contributed by atoms with Gasteiger partial charge in [0, 0.05) is 16.3 Å². The number of hydrogen-bond donors (Lipinski definition) is 2. The maximum Gasteiger partial charge on any atom is 0.263 e. The summed E-state index contributed by atoms with van der Waals surface area (Å²) in [6, 6.07) is 9.08. The molecule has 0 aliphatic rings. The van der Waals surface area contributed by atoms with Crippen LogP contribution in [0.15, 0.2) is 35.2 Å². The average molecular weight is 310 g/mol. The Morgan fingerprint density at radius 1 is 1.20 bits per heavy atom. The summed E-state index contributed by atoms with van der Waals surface area (Å²) in [4.78, 5) is 2.17. The van der Waals surface area contributed by atoms with E-state index in [1.807, 2.05) is 39.1 Å². The van der Waals surface area contributed by atoms with E-state index in [1.165, 1.54) is 11.3 Å². The van der Waals surface area contributed by atoms with Crippen LogP contribution >= 0.6 is 11.3 Å². The van der Waals surface area contributed by atoms with E-state index in [0.717, 1.165) is 15.3 Å². The molecule has 6 heteroatoms. The van der Waals surface area contributed by atoms with Crippen LogP contribution in [0.1, 0.15) is 15.3 Å². The summed E-state index contributed by atoms with van der Waals surface area (Å²) in [6.45, 7) is 4.38. The fourth-order valence-corrected chi connectivity index (χ4v) is 4.72. The average Bonchev–Trinajstić information content (AvgIpc) is 2.74. The summed E-state index contributed by atoms with van der Waals surface area (Å²) in [5.74, 6) is 0. The van der Waals surface area contributed by atoms with E-state index in [2.05, 4.69) is 10.0 Å². The lowest BCUT2D eigenvalue weighted by molar-refractivity contribution is 0.601. The third kappa shape index (κ3) is 3.20. The van der Waals surface area contributed by atoms with Gasteiger partial charge in [0.05, 0.1) is 5.69 Å². The van der Waals surface area contributed by atoms with Crippen LogP contribution in [0.25, 0.3) is 0 Å². The van der Waals surface area contributed by atoms with Gasteiger partial charge in [0.1, 0.15) is 4.90 Å². The van der Waals surface area contributed by atoms with Gasteiger partial charge in [-0.2, -0.15) is 0 Å². The van der Waals surface area contributed by atoms with Crippen LogP contribution in [0.4, 0.5) is 5.69 Å². The molecule has 0 saturated carbocycles. The molecule has 0 atom stereocenters. The van der Waals surface area contributed by atoms with Crippen molar-refractivity contribution in [2.45, 2.75) is 25.3 Å². The third-order valence-electron chi connectivity index (χ3n) is 2.95. The second-order valence-electron chi connectivity index (χ2n) is 4.58. The van der Waals surface area contributed by atoms with Gasteiger partial charge in [0.25, 0.3) is 10.0 Å². The molecule has 2 rings (SSSR count). The van der Waals surface area contributed by atoms with Crippen LogP contribution in [-0.2, 0) is 16.6 Å². The Morgan fingerprint density at radius 2 is 1.90 bits per heavy atom. The van der Waals surface area contributed by atoms with Gasteiger partial charge in [-0.15, -0.1) is 11.3 Å². The molecule has 0 saturated heterocycles. The maximum absolute atomic E-state index is 12.5. The number of para-hydroxylation sites is 1. The number of sulfonamides is 1. The van der Waals surface area contributed by atoms with Gasteiger partial charge in [-0.1, -0.05) is 18.2 Å². The fraction of sp³-hybridized carbons (Fsp3) is 0.286. The molecular weight excluding hydrogens is 292 g/mol. The minimum absolute atomic E-state index is 0.357. The topological polar surface area (TPSA) is 58.2 Å². The first-order valence-corrected chi connectivity index (χ1v) is 8.56. The first-order chi connectivity index (χ1) is 9.44. The van der Waals surface area contributed by atoms with E-state index in [1.54, 1.807) is 12.1 Å². The Kier molecular flexibility index (Phi) is 4.47. The molecule has 108 valence electrons. The molecule has 1 heterocycles. The lowest BCUT2D eigenvalue weighted by atomic mass is 10.2. The molecule has 20 heavy (non-hydrogen) atoms. The summed E-state index contributed by atoms with van der Waals surface area (Å²) in [6.07, 6.45) is 0. The minimum Gasteiger partial charge on any atom is -0.315 e. The van der Waals surface area contributed by atoms with Crippen LogP contribution in [0.3, 0.4) is 0 Å². The molecule has 1 aromatic heterocycles. The van der Waals surface area contributed by atoms with Crippen LogP contribution in [-0.4, -0.2) is 15.5 Å². The molecule has 0 aliphatic carbocycles. The van der Waals surface area contributed by atoms with Crippen LogP contribution in [0.2, 0.25) is 0 Å². The molecule has 2 aromatic rings. The van der Waals surface area contributed by atoms with Crippen molar-refractivity contribution in [3.8, 4) is 0 Å². The molecular formula is C14H18N2O2S2. The molecule has 0 fully saturated rings. The summed E-state index contributed by atoms with van der Waals surface area (Å²) in [5, 5.41) is 3.03. The van der Waals surface area contributed by atoms with Crippen molar-refractivity contribution < 1.29 is 8.42 Å². The Balaban J connectivity index is 2.33. The predicted octanol–water partition coefficient (Wildman–Crippen LogP) is 2.89. The molecule has 1 aromatic carbocycles. The summed E-state index contributed by atoms with van der Waals surface area (Å²) < 4.78 is 27.6. The van der Waals surface area contributed by atoms with E-state index in [9.17, 15) is 8.42 Å². The second kappa shape index (κ2) is 5.95. The Hall–Kier alpha value is -1.37. The van der Waals surface area contributed by atoms with Crippen molar-refractivity contribution in [2.75, 3.05) is 11.8 Å². The Bertz CT molecular complexity index is 706. The van der Waals surface area contributed by atoms with Gasteiger partial charge in [0.15, 0.2) is 0 Å². The maximum atomic E-state index is 12.5. The molecule has 0 aliphatic heterocycles. The van der Waals surface area contributed by atoms with Crippen LogP contribution < -0.4 is 10.0 Å². The number of aryl methyl sites for hydroxylation is 2. The van der Waals surface area contributed by atoms with Crippen molar-refractivity contribution in [1.29, 1.82) is 0 Å². The molecule has 4 nitrogen and oxygen atoms in total. The van der Waals surface area contributed by atoms with Gasteiger partial charge < -0.3 is 5.32 Å². The smallest absolute Gasteiger partial charge is 0.263 e. The molecule has 0 spiro atoms. The van der Waals surface area contributed by atoms with E-state index < -0.39 is 10.0 Å². The zero-order chi connectivity index (χ0) is 14.8. The standard InChI is InChI=1S/C14H18N2O2S2/c1-10-6-4-5-7-13(10)16-20(17,18)14-8-12(9-15-3)19-11(14)2/h4-8,15-16H,9H2,1-3H3. The van der Waals surface area contributed by atoms with Gasteiger partial charge in [-0.3, -0.25) is 4.72 Å². The van der Waals surface area contributed by atoms with E-state index in [4.69, 9.17) is 0 Å². The first kappa shape index (κ1) is 15.0. The number of benzene rings is 1. The van der Waals surface area contributed by atoms with Gasteiger partial charge in [-0.25, -0.2) is 8.42 Å². The number of rotatable bonds is 5. The minimum atomic E-state index is -3.53. The molecule has 0 amide bonds. The third-order valence-corrected chi connectivity index (χ3v) is 5.62. The van der Waals surface area contributed by atoms with E-state index in [-0.39, 0.29) is 0 Å². The predicted molar refractivity (Wildman–Crippen MR) is 83.8 cm³/mol. The first-order valence-electron chi connectivity index (χ1n) is 6.26. The molecule has 0 bridgehead atoms. The highest BCUT2D eigenvalue weighted by molar-refractivity contribution is 7.93. The van der Waals surface area contributed by atoms with Gasteiger partial charge >= 0.3 is 0 Å². The summed E-state index contributed by atoms with van der Waals surface area (Å²) in [5.41, 5.74) is 1.52. The second-order valence-corrected chi connectivity index (χ2v) is 7.58. The monoisotopic (exact) mass is 310 g/mol. The highest BCUT2D eigenvalue weighted by Crippen LogP contribution is 2.28. The SMILES string of the molecule is CNCc1cc(S(=O)(=O)Nc2ccccc2C)c(C)s1. The largest absolute Gasteiger partial charge is 0.315 e. The van der Waals surface area contributed by atoms with Crippen molar-refractivity contribution in [3.63, 3.8) is 0 Å². The highest BCUT2D eigenvalue weighted by Gasteiger charge is 2.20. The Morgan fingerprint density at radius 3 is 2.55 bits per heavy atom. The number of thiophene rings is 1. The van der Waals surface area contributed by atoms with Gasteiger partial charge in [-0.05, 0) is 38.6 Å². The Labute approximate surface area is 123 Å². The van der Waals surface area contributed by atoms with Crippen LogP contribution in [0.5, 0.6) is 0 Å². The van der Waals surface area contributed by atoms with Crippen molar-refractivity contribution in [1.82, 2.24) is 5.32 Å². The number of anilines is 1. The summed E-state index contributed by atoms with van der Waals surface area (Å²) >= 11 is 1.50. The normalized spacial score (nSPS) is 11.6.